The SMILES string of the molecule is Cc1ccc([N+](=O)[O-])c(C(=O)NCC(C)(C)CCl)c1. The Morgan fingerprint density at radius 2 is 2.11 bits per heavy atom. The van der Waals surface area contributed by atoms with Crippen LogP contribution in [-0.4, -0.2) is 23.3 Å². The Bertz CT molecular complexity index is 501. The quantitative estimate of drug-likeness (QED) is 0.513. The van der Waals surface area contributed by atoms with Crippen LogP contribution in [0.5, 0.6) is 0 Å². The molecule has 1 N–H and O–H groups in total. The standard InChI is InChI=1S/C13H17ClN2O3/c1-9-4-5-11(16(18)19)10(6-9)12(17)15-8-13(2,3)7-14/h4-6H,7-8H2,1-3H3,(H,15,17). The number of amides is 1. The van der Waals surface area contributed by atoms with E-state index in [0.717, 1.165) is 5.56 Å². The van der Waals surface area contributed by atoms with Crippen molar-refractivity contribution in [1.29, 1.82) is 0 Å². The zero-order valence-corrected chi connectivity index (χ0v) is 12.0. The maximum atomic E-state index is 12.0. The van der Waals surface area contributed by atoms with E-state index in [0.29, 0.717) is 12.4 Å². The summed E-state index contributed by atoms with van der Waals surface area (Å²) < 4.78 is 0. The van der Waals surface area contributed by atoms with Crippen molar-refractivity contribution in [2.45, 2.75) is 20.8 Å². The van der Waals surface area contributed by atoms with Crippen molar-refractivity contribution < 1.29 is 9.72 Å². The summed E-state index contributed by atoms with van der Waals surface area (Å²) in [6.45, 7) is 5.96. The molecule has 0 aliphatic rings. The van der Waals surface area contributed by atoms with Gasteiger partial charge in [-0.3, -0.25) is 14.9 Å². The topological polar surface area (TPSA) is 72.2 Å². The molecule has 104 valence electrons. The first-order valence-corrected chi connectivity index (χ1v) is 6.39. The van der Waals surface area contributed by atoms with Crippen LogP contribution in [0, 0.1) is 22.5 Å². The Hall–Kier alpha value is -1.62. The molecule has 0 spiro atoms. The number of nitrogens with zero attached hydrogens (tertiary/aromatic N) is 1. The molecule has 0 radical (unpaired) electrons. The second kappa shape index (κ2) is 6.02. The minimum absolute atomic E-state index is 0.0790. The molecule has 0 aliphatic heterocycles. The molecule has 1 aromatic carbocycles. The summed E-state index contributed by atoms with van der Waals surface area (Å²) in [4.78, 5) is 22.4. The summed E-state index contributed by atoms with van der Waals surface area (Å²) >= 11 is 5.77. The van der Waals surface area contributed by atoms with Gasteiger partial charge >= 0.3 is 0 Å². The van der Waals surface area contributed by atoms with E-state index in [1.165, 1.54) is 12.1 Å². The molecule has 6 heteroatoms. The van der Waals surface area contributed by atoms with Gasteiger partial charge in [-0.2, -0.15) is 0 Å². The number of hydrogen-bond acceptors (Lipinski definition) is 3. The van der Waals surface area contributed by atoms with Crippen LogP contribution >= 0.6 is 11.6 Å². The fraction of sp³-hybridized carbons (Fsp3) is 0.462. The lowest BCUT2D eigenvalue weighted by Crippen LogP contribution is -2.35. The molecule has 0 heterocycles. The Kier molecular flexibility index (Phi) is 4.89. The third kappa shape index (κ3) is 4.21. The number of alkyl halides is 1. The van der Waals surface area contributed by atoms with Gasteiger partial charge < -0.3 is 5.32 Å². The number of carbonyl (C=O) groups excluding carboxylic acids is 1. The predicted octanol–water partition coefficient (Wildman–Crippen LogP) is 2.90. The zero-order chi connectivity index (χ0) is 14.6. The van der Waals surface area contributed by atoms with Crippen LogP contribution in [0.1, 0.15) is 29.8 Å². The number of aryl methyl sites for hydroxylation is 1. The molecule has 1 rings (SSSR count). The van der Waals surface area contributed by atoms with Crippen LogP contribution in [0.3, 0.4) is 0 Å². The summed E-state index contributed by atoms with van der Waals surface area (Å²) in [5.74, 6) is -0.0583. The molecular weight excluding hydrogens is 268 g/mol. The maximum Gasteiger partial charge on any atom is 0.282 e. The van der Waals surface area contributed by atoms with Gasteiger partial charge in [0.1, 0.15) is 5.56 Å². The van der Waals surface area contributed by atoms with Crippen molar-refractivity contribution >= 4 is 23.2 Å². The van der Waals surface area contributed by atoms with E-state index in [1.54, 1.807) is 13.0 Å². The van der Waals surface area contributed by atoms with E-state index in [1.807, 2.05) is 13.8 Å². The summed E-state index contributed by atoms with van der Waals surface area (Å²) in [5.41, 5.74) is 0.435. The molecule has 0 aliphatic carbocycles. The average Bonchev–Trinajstić information content (AvgIpc) is 2.35. The highest BCUT2D eigenvalue weighted by atomic mass is 35.5. The lowest BCUT2D eigenvalue weighted by molar-refractivity contribution is -0.385. The highest BCUT2D eigenvalue weighted by Gasteiger charge is 2.23. The summed E-state index contributed by atoms with van der Waals surface area (Å²) in [6, 6.07) is 4.47. The normalized spacial score (nSPS) is 11.2. The molecule has 0 aromatic heterocycles. The van der Waals surface area contributed by atoms with Crippen molar-refractivity contribution in [1.82, 2.24) is 5.32 Å². The van der Waals surface area contributed by atoms with Gasteiger partial charge in [0.25, 0.3) is 11.6 Å². The van der Waals surface area contributed by atoms with Crippen molar-refractivity contribution in [3.63, 3.8) is 0 Å². The van der Waals surface area contributed by atoms with Crippen LogP contribution in [0.25, 0.3) is 0 Å². The fourth-order valence-corrected chi connectivity index (χ4v) is 1.55. The molecule has 0 saturated heterocycles. The van der Waals surface area contributed by atoms with Crippen LogP contribution in [0.15, 0.2) is 18.2 Å². The zero-order valence-electron chi connectivity index (χ0n) is 11.2. The van der Waals surface area contributed by atoms with Crippen molar-refractivity contribution in [2.75, 3.05) is 12.4 Å². The molecule has 0 bridgehead atoms. The lowest BCUT2D eigenvalue weighted by atomic mass is 9.96. The Morgan fingerprint density at radius 1 is 1.47 bits per heavy atom. The number of hydrogen-bond donors (Lipinski definition) is 1. The minimum atomic E-state index is -0.555. The Labute approximate surface area is 117 Å². The van der Waals surface area contributed by atoms with Crippen LogP contribution in [0.4, 0.5) is 5.69 Å². The van der Waals surface area contributed by atoms with E-state index >= 15 is 0 Å². The fourth-order valence-electron chi connectivity index (χ4n) is 1.45. The van der Waals surface area contributed by atoms with Crippen LogP contribution < -0.4 is 5.32 Å². The van der Waals surface area contributed by atoms with Gasteiger partial charge in [0.05, 0.1) is 4.92 Å². The number of rotatable bonds is 5. The minimum Gasteiger partial charge on any atom is -0.351 e. The van der Waals surface area contributed by atoms with Gasteiger partial charge in [-0.1, -0.05) is 19.9 Å². The third-order valence-electron chi connectivity index (χ3n) is 2.68. The third-order valence-corrected chi connectivity index (χ3v) is 3.41. The number of benzene rings is 1. The number of nitro groups is 1. The average molecular weight is 285 g/mol. The smallest absolute Gasteiger partial charge is 0.282 e. The molecule has 1 aromatic rings. The number of halogens is 1. The van der Waals surface area contributed by atoms with Crippen LogP contribution in [-0.2, 0) is 0 Å². The monoisotopic (exact) mass is 284 g/mol. The summed E-state index contributed by atoms with van der Waals surface area (Å²) in [5, 5.41) is 13.6. The number of carbonyl (C=O) groups is 1. The van der Waals surface area contributed by atoms with Gasteiger partial charge in [-0.05, 0) is 24.0 Å². The number of nitrogens with one attached hydrogen (secondary N) is 1. The van der Waals surface area contributed by atoms with Gasteiger partial charge in [0.2, 0.25) is 0 Å². The van der Waals surface area contributed by atoms with E-state index in [-0.39, 0.29) is 16.7 Å². The second-order valence-corrected chi connectivity index (χ2v) is 5.53. The molecule has 5 nitrogen and oxygen atoms in total. The number of nitro benzene ring substituents is 1. The van der Waals surface area contributed by atoms with Crippen LogP contribution in [0.2, 0.25) is 0 Å². The highest BCUT2D eigenvalue weighted by Crippen LogP contribution is 2.21. The van der Waals surface area contributed by atoms with E-state index in [2.05, 4.69) is 5.32 Å². The van der Waals surface area contributed by atoms with Gasteiger partial charge in [0, 0.05) is 18.5 Å². The maximum absolute atomic E-state index is 12.0. The van der Waals surface area contributed by atoms with E-state index in [4.69, 9.17) is 11.6 Å². The first-order valence-electron chi connectivity index (χ1n) is 5.86. The molecule has 0 atom stereocenters. The molecule has 0 fully saturated rings. The molecular formula is C13H17ClN2O3. The molecule has 1 amide bonds. The summed E-state index contributed by atoms with van der Waals surface area (Å²) in [7, 11) is 0. The predicted molar refractivity (Wildman–Crippen MR) is 74.7 cm³/mol. The Balaban J connectivity index is 2.93. The first-order chi connectivity index (χ1) is 8.76. The van der Waals surface area contributed by atoms with Gasteiger partial charge in [-0.15, -0.1) is 11.6 Å². The lowest BCUT2D eigenvalue weighted by Gasteiger charge is -2.21. The molecule has 0 saturated carbocycles. The van der Waals surface area contributed by atoms with Gasteiger partial charge in [0.15, 0.2) is 0 Å². The first kappa shape index (κ1) is 15.4. The van der Waals surface area contributed by atoms with E-state index < -0.39 is 10.8 Å². The highest BCUT2D eigenvalue weighted by molar-refractivity contribution is 6.18. The molecule has 0 unspecified atom stereocenters. The molecule has 19 heavy (non-hydrogen) atoms. The van der Waals surface area contributed by atoms with Gasteiger partial charge in [-0.25, -0.2) is 0 Å². The second-order valence-electron chi connectivity index (χ2n) is 5.26. The van der Waals surface area contributed by atoms with Crippen molar-refractivity contribution in [3.8, 4) is 0 Å². The van der Waals surface area contributed by atoms with E-state index in [9.17, 15) is 14.9 Å². The van der Waals surface area contributed by atoms with Crippen molar-refractivity contribution in [2.24, 2.45) is 5.41 Å². The Morgan fingerprint density at radius 3 is 2.63 bits per heavy atom. The van der Waals surface area contributed by atoms with Crippen molar-refractivity contribution in [3.05, 3.63) is 39.4 Å². The largest absolute Gasteiger partial charge is 0.351 e. The summed E-state index contributed by atoms with van der Waals surface area (Å²) in [6.07, 6.45) is 0.